The smallest absolute Gasteiger partial charge is 0.315 e. The number of nitrogens with two attached hydrogens (primary N) is 1. The zero-order chi connectivity index (χ0) is 29.5. The zero-order valence-corrected chi connectivity index (χ0v) is 24.9. The lowest BCUT2D eigenvalue weighted by molar-refractivity contribution is -0.121. The lowest BCUT2D eigenvalue weighted by Gasteiger charge is -2.22. The molecule has 0 aliphatic rings. The van der Waals surface area contributed by atoms with Crippen molar-refractivity contribution >= 4 is 34.3 Å². The largest absolute Gasteiger partial charge is 0.361 e. The minimum absolute atomic E-state index is 0.0253. The highest BCUT2D eigenvalue weighted by Gasteiger charge is 2.21. The van der Waals surface area contributed by atoms with Gasteiger partial charge in [-0.25, -0.2) is 4.79 Å². The minimum atomic E-state index is -0.279. The van der Waals surface area contributed by atoms with E-state index in [1.807, 2.05) is 24.4 Å². The molecular formula is C32H50N4O4. The van der Waals surface area contributed by atoms with E-state index < -0.39 is 0 Å². The molecule has 0 unspecified atom stereocenters. The number of benzene rings is 1. The van der Waals surface area contributed by atoms with E-state index in [1.165, 1.54) is 0 Å². The molecule has 40 heavy (non-hydrogen) atoms. The van der Waals surface area contributed by atoms with Crippen LogP contribution in [0.1, 0.15) is 91.0 Å². The van der Waals surface area contributed by atoms with Crippen LogP contribution in [0.4, 0.5) is 4.79 Å². The zero-order valence-electron chi connectivity index (χ0n) is 24.9. The highest BCUT2D eigenvalue weighted by molar-refractivity contribution is 5.83. The van der Waals surface area contributed by atoms with Crippen molar-refractivity contribution in [2.24, 2.45) is 23.5 Å². The van der Waals surface area contributed by atoms with E-state index in [-0.39, 0.29) is 41.3 Å². The molecule has 8 heteroatoms. The number of urea groups is 1. The summed E-state index contributed by atoms with van der Waals surface area (Å²) in [7, 11) is 0. The molecule has 1 aromatic heterocycles. The topological polar surface area (TPSA) is 134 Å². The third kappa shape index (κ3) is 12.5. The molecule has 8 nitrogen and oxygen atoms in total. The molecule has 0 saturated carbocycles. The van der Waals surface area contributed by atoms with Gasteiger partial charge in [-0.2, -0.15) is 0 Å². The third-order valence-corrected chi connectivity index (χ3v) is 7.72. The number of carbonyl (C=O) groups is 4. The van der Waals surface area contributed by atoms with Gasteiger partial charge < -0.3 is 30.9 Å². The molecule has 222 valence electrons. The fraction of sp³-hybridized carbons (Fsp3) is 0.625. The van der Waals surface area contributed by atoms with Gasteiger partial charge in [-0.1, -0.05) is 38.5 Å². The summed E-state index contributed by atoms with van der Waals surface area (Å²) in [5.41, 5.74) is 7.86. The molecule has 2 amide bonds. The number of nitrogens with one attached hydrogen (secondary N) is 3. The first-order valence-electron chi connectivity index (χ1n) is 14.9. The molecular weight excluding hydrogens is 504 g/mol. The second-order valence-electron chi connectivity index (χ2n) is 11.7. The first-order valence-corrected chi connectivity index (χ1v) is 14.9. The van der Waals surface area contributed by atoms with Gasteiger partial charge in [0.15, 0.2) is 0 Å². The maximum atomic E-state index is 12.9. The van der Waals surface area contributed by atoms with Gasteiger partial charge in [0.25, 0.3) is 0 Å². The molecule has 2 aromatic rings. The van der Waals surface area contributed by atoms with Crippen LogP contribution in [-0.2, 0) is 20.8 Å². The fourth-order valence-electron chi connectivity index (χ4n) is 5.32. The van der Waals surface area contributed by atoms with E-state index in [4.69, 9.17) is 5.73 Å². The maximum Gasteiger partial charge on any atom is 0.315 e. The number of carbonyl (C=O) groups excluding carboxylic acids is 4. The van der Waals surface area contributed by atoms with Gasteiger partial charge in [0, 0.05) is 55.4 Å². The summed E-state index contributed by atoms with van der Waals surface area (Å²) < 4.78 is 0. The van der Waals surface area contributed by atoms with Crippen LogP contribution in [0, 0.1) is 17.8 Å². The van der Waals surface area contributed by atoms with Gasteiger partial charge in [-0.15, -0.1) is 0 Å². The van der Waals surface area contributed by atoms with Crippen LogP contribution in [0.2, 0.25) is 0 Å². The molecule has 1 aromatic carbocycles. The van der Waals surface area contributed by atoms with Gasteiger partial charge in [-0.05, 0) is 81.9 Å². The predicted octanol–water partition coefficient (Wildman–Crippen LogP) is 5.48. The van der Waals surface area contributed by atoms with E-state index in [0.29, 0.717) is 57.5 Å². The molecule has 0 aliphatic carbocycles. The molecule has 0 radical (unpaired) electrons. The van der Waals surface area contributed by atoms with Crippen molar-refractivity contribution in [1.29, 1.82) is 0 Å². The van der Waals surface area contributed by atoms with Crippen LogP contribution in [0.15, 0.2) is 30.5 Å². The van der Waals surface area contributed by atoms with Crippen LogP contribution >= 0.6 is 0 Å². The van der Waals surface area contributed by atoms with Crippen molar-refractivity contribution in [3.63, 3.8) is 0 Å². The van der Waals surface area contributed by atoms with Crippen LogP contribution in [0.5, 0.6) is 0 Å². The number of hydrogen-bond donors (Lipinski definition) is 4. The Kier molecular flexibility index (Phi) is 14.6. The number of amides is 2. The second kappa shape index (κ2) is 17.6. The van der Waals surface area contributed by atoms with E-state index in [2.05, 4.69) is 35.5 Å². The number of para-hydroxylation sites is 1. The average molecular weight is 555 g/mol. The SMILES string of the molecule is CC(=O)CC[C@@H](CC(=O)CC[C@H](CCCCN)NC(=O)NC[C@@H](CC(C)=O)Cc1c[nH]c2ccccc12)C(C)C. The van der Waals surface area contributed by atoms with Gasteiger partial charge in [0.1, 0.15) is 17.3 Å². The Morgan fingerprint density at radius 1 is 0.925 bits per heavy atom. The number of fused-ring (bicyclic) bond motifs is 1. The normalized spacial score (nSPS) is 13.7. The minimum Gasteiger partial charge on any atom is -0.361 e. The average Bonchev–Trinajstić information content (AvgIpc) is 3.30. The Balaban J connectivity index is 1.93. The van der Waals surface area contributed by atoms with Crippen molar-refractivity contribution in [1.82, 2.24) is 15.6 Å². The number of Topliss-reactive ketones (excluding diaryl/α,β-unsaturated/α-hetero) is 3. The van der Waals surface area contributed by atoms with Gasteiger partial charge >= 0.3 is 6.03 Å². The molecule has 0 saturated heterocycles. The molecule has 2 rings (SSSR count). The summed E-state index contributed by atoms with van der Waals surface area (Å²) in [6.07, 6.45) is 8.19. The van der Waals surface area contributed by atoms with Crippen molar-refractivity contribution in [2.45, 2.75) is 97.9 Å². The summed E-state index contributed by atoms with van der Waals surface area (Å²) in [6.45, 7) is 8.33. The number of aromatic amines is 1. The lowest BCUT2D eigenvalue weighted by Crippen LogP contribution is -2.44. The highest BCUT2D eigenvalue weighted by atomic mass is 16.2. The Morgan fingerprint density at radius 2 is 1.68 bits per heavy atom. The summed E-state index contributed by atoms with van der Waals surface area (Å²) in [6, 6.07) is 7.65. The van der Waals surface area contributed by atoms with Gasteiger partial charge in [-0.3, -0.25) is 4.79 Å². The third-order valence-electron chi connectivity index (χ3n) is 7.72. The highest BCUT2D eigenvalue weighted by Crippen LogP contribution is 2.24. The Labute approximate surface area is 239 Å². The van der Waals surface area contributed by atoms with Crippen LogP contribution in [0.3, 0.4) is 0 Å². The molecule has 0 fully saturated rings. The molecule has 0 spiro atoms. The Bertz CT molecular complexity index is 1090. The number of H-pyrrole nitrogens is 1. The van der Waals surface area contributed by atoms with Gasteiger partial charge in [0.2, 0.25) is 0 Å². The lowest BCUT2D eigenvalue weighted by atomic mass is 9.85. The monoisotopic (exact) mass is 554 g/mol. The van der Waals surface area contributed by atoms with Gasteiger partial charge in [0.05, 0.1) is 0 Å². The first-order chi connectivity index (χ1) is 19.1. The summed E-state index contributed by atoms with van der Waals surface area (Å²) in [5, 5.41) is 7.17. The van der Waals surface area contributed by atoms with Crippen molar-refractivity contribution in [3.8, 4) is 0 Å². The summed E-state index contributed by atoms with van der Waals surface area (Å²) in [4.78, 5) is 52.4. The Hall–Kier alpha value is -3.00. The second-order valence-corrected chi connectivity index (χ2v) is 11.7. The molecule has 5 N–H and O–H groups in total. The standard InChI is InChI=1S/C32H50N4O4/c1-22(2)26(13-12-23(3)37)19-29(39)15-14-28(9-7-8-16-33)36-32(40)35-20-25(17-24(4)38)18-27-21-34-31-11-6-5-10-30(27)31/h5-6,10-11,21-22,25-26,28,34H,7-9,12-20,33H2,1-4H3,(H2,35,36,40)/t25-,26-,28-/m0/s1. The van der Waals surface area contributed by atoms with Crippen LogP contribution in [0.25, 0.3) is 10.9 Å². The number of rotatable bonds is 20. The maximum absolute atomic E-state index is 12.9. The summed E-state index contributed by atoms with van der Waals surface area (Å²) >= 11 is 0. The van der Waals surface area contributed by atoms with Crippen LogP contribution in [-0.4, -0.2) is 47.5 Å². The quantitative estimate of drug-likeness (QED) is 0.161. The number of ketones is 3. The molecule has 0 aliphatic heterocycles. The number of hydrogen-bond acceptors (Lipinski definition) is 5. The van der Waals surface area contributed by atoms with E-state index in [0.717, 1.165) is 42.1 Å². The molecule has 3 atom stereocenters. The molecule has 1 heterocycles. The van der Waals surface area contributed by atoms with Crippen molar-refractivity contribution in [2.75, 3.05) is 13.1 Å². The molecule has 0 bridgehead atoms. The van der Waals surface area contributed by atoms with E-state index in [9.17, 15) is 19.2 Å². The fourth-order valence-corrected chi connectivity index (χ4v) is 5.32. The van der Waals surface area contributed by atoms with Crippen molar-refractivity contribution in [3.05, 3.63) is 36.0 Å². The van der Waals surface area contributed by atoms with E-state index >= 15 is 0 Å². The first kappa shape index (κ1) is 33.2. The predicted molar refractivity (Wildman–Crippen MR) is 161 cm³/mol. The number of unbranched alkanes of at least 4 members (excludes halogenated alkanes) is 1. The Morgan fingerprint density at radius 3 is 2.35 bits per heavy atom. The van der Waals surface area contributed by atoms with Crippen LogP contribution < -0.4 is 16.4 Å². The number of aromatic nitrogens is 1. The summed E-state index contributed by atoms with van der Waals surface area (Å²) in [5.74, 6) is 0.920. The van der Waals surface area contributed by atoms with Crippen molar-refractivity contribution < 1.29 is 19.2 Å². The van der Waals surface area contributed by atoms with E-state index in [1.54, 1.807) is 13.8 Å².